The van der Waals surface area contributed by atoms with Crippen molar-refractivity contribution >= 4 is 0 Å². The highest BCUT2D eigenvalue weighted by molar-refractivity contribution is 5.39. The molecule has 0 radical (unpaired) electrons. The van der Waals surface area contributed by atoms with E-state index >= 15 is 0 Å². The van der Waals surface area contributed by atoms with Crippen molar-refractivity contribution < 1.29 is 17.9 Å². The maximum absolute atomic E-state index is 12.4. The molecule has 0 bridgehead atoms. The molecule has 0 unspecified atom stereocenters. The van der Waals surface area contributed by atoms with Crippen LogP contribution in [0.25, 0.3) is 0 Å². The summed E-state index contributed by atoms with van der Waals surface area (Å²) in [7, 11) is 1.24. The summed E-state index contributed by atoms with van der Waals surface area (Å²) in [4.78, 5) is 0. The van der Waals surface area contributed by atoms with Crippen LogP contribution in [0.3, 0.4) is 0 Å². The van der Waals surface area contributed by atoms with Crippen LogP contribution in [0.4, 0.5) is 13.2 Å². The van der Waals surface area contributed by atoms with Gasteiger partial charge in [-0.1, -0.05) is 26.8 Å². The molecule has 16 heavy (non-hydrogen) atoms. The van der Waals surface area contributed by atoms with Gasteiger partial charge in [-0.3, -0.25) is 0 Å². The Bertz CT molecular complexity index is 319. The smallest absolute Gasteiger partial charge is 0.419 e. The minimum Gasteiger partial charge on any atom is -0.496 e. The third-order valence-corrected chi connectivity index (χ3v) is 1.98. The largest absolute Gasteiger partial charge is 0.496 e. The van der Waals surface area contributed by atoms with E-state index in [4.69, 9.17) is 4.74 Å². The van der Waals surface area contributed by atoms with Gasteiger partial charge in [0.15, 0.2) is 0 Å². The number of halogens is 3. The Morgan fingerprint density at radius 1 is 1.19 bits per heavy atom. The predicted octanol–water partition coefficient (Wildman–Crippen LogP) is 4.30. The summed E-state index contributed by atoms with van der Waals surface area (Å²) >= 11 is 0. The number of benzene rings is 1. The Labute approximate surface area is 94.2 Å². The van der Waals surface area contributed by atoms with Crippen LogP contribution < -0.4 is 4.74 Å². The number of alkyl halides is 3. The Kier molecular flexibility index (Phi) is 5.93. The van der Waals surface area contributed by atoms with Gasteiger partial charge in [0, 0.05) is 0 Å². The second kappa shape index (κ2) is 6.40. The maximum atomic E-state index is 12.4. The zero-order valence-electron chi connectivity index (χ0n) is 9.98. The molecule has 0 fully saturated rings. The number of aryl methyl sites for hydroxylation is 1. The van der Waals surface area contributed by atoms with E-state index in [9.17, 15) is 13.2 Å². The lowest BCUT2D eigenvalue weighted by Gasteiger charge is -2.12. The lowest BCUT2D eigenvalue weighted by molar-refractivity contribution is -0.138. The van der Waals surface area contributed by atoms with E-state index in [1.165, 1.54) is 19.2 Å². The normalized spacial score (nSPS) is 10.4. The maximum Gasteiger partial charge on any atom is 0.419 e. The van der Waals surface area contributed by atoms with Gasteiger partial charge < -0.3 is 4.74 Å². The molecule has 0 heterocycles. The quantitative estimate of drug-likeness (QED) is 0.741. The van der Waals surface area contributed by atoms with Crippen molar-refractivity contribution in [1.82, 2.24) is 0 Å². The summed E-state index contributed by atoms with van der Waals surface area (Å²) in [5, 5.41) is 0. The van der Waals surface area contributed by atoms with E-state index in [1.807, 2.05) is 20.8 Å². The topological polar surface area (TPSA) is 9.23 Å². The average Bonchev–Trinajstić information content (AvgIpc) is 2.29. The number of hydrogen-bond acceptors (Lipinski definition) is 1. The molecule has 0 saturated carbocycles. The molecule has 4 heteroatoms. The van der Waals surface area contributed by atoms with Crippen molar-refractivity contribution in [1.29, 1.82) is 0 Å². The lowest BCUT2D eigenvalue weighted by Crippen LogP contribution is -2.07. The van der Waals surface area contributed by atoms with Crippen LogP contribution in [-0.4, -0.2) is 7.11 Å². The highest BCUT2D eigenvalue weighted by Gasteiger charge is 2.34. The summed E-state index contributed by atoms with van der Waals surface area (Å²) < 4.78 is 41.9. The summed E-state index contributed by atoms with van der Waals surface area (Å²) in [5.74, 6) is -0.114. The van der Waals surface area contributed by atoms with Gasteiger partial charge in [0.2, 0.25) is 0 Å². The molecule has 0 aliphatic rings. The SMILES string of the molecule is CC.CCc1ccc(C(F)(F)F)c(OC)c1. The lowest BCUT2D eigenvalue weighted by atomic mass is 10.1. The fourth-order valence-corrected chi connectivity index (χ4v) is 1.19. The van der Waals surface area contributed by atoms with Crippen LogP contribution in [0.15, 0.2) is 18.2 Å². The van der Waals surface area contributed by atoms with E-state index in [-0.39, 0.29) is 5.75 Å². The third-order valence-electron chi connectivity index (χ3n) is 1.98. The second-order valence-corrected chi connectivity index (χ2v) is 2.89. The van der Waals surface area contributed by atoms with Gasteiger partial charge in [-0.15, -0.1) is 0 Å². The Hall–Kier alpha value is -1.19. The predicted molar refractivity (Wildman–Crippen MR) is 58.7 cm³/mol. The Morgan fingerprint density at radius 3 is 2.12 bits per heavy atom. The van der Waals surface area contributed by atoms with Crippen LogP contribution in [0.1, 0.15) is 31.9 Å². The van der Waals surface area contributed by atoms with Gasteiger partial charge in [-0.25, -0.2) is 0 Å². The molecule has 1 rings (SSSR count). The van der Waals surface area contributed by atoms with E-state index in [1.54, 1.807) is 0 Å². The molecule has 0 spiro atoms. The van der Waals surface area contributed by atoms with Crippen molar-refractivity contribution in [3.63, 3.8) is 0 Å². The van der Waals surface area contributed by atoms with E-state index in [2.05, 4.69) is 0 Å². The van der Waals surface area contributed by atoms with Crippen molar-refractivity contribution in [3.8, 4) is 5.75 Å². The molecule has 1 aromatic rings. The molecule has 0 aliphatic heterocycles. The fourth-order valence-electron chi connectivity index (χ4n) is 1.19. The summed E-state index contributed by atoms with van der Waals surface area (Å²) in [6.07, 6.45) is -3.66. The van der Waals surface area contributed by atoms with Gasteiger partial charge in [-0.05, 0) is 24.1 Å². The second-order valence-electron chi connectivity index (χ2n) is 2.89. The summed E-state index contributed by atoms with van der Waals surface area (Å²) in [5.41, 5.74) is 0.104. The third kappa shape index (κ3) is 3.76. The average molecular weight is 234 g/mol. The molecule has 1 aromatic carbocycles. The Morgan fingerprint density at radius 2 is 1.75 bits per heavy atom. The molecule has 0 saturated heterocycles. The van der Waals surface area contributed by atoms with Gasteiger partial charge in [0.1, 0.15) is 5.75 Å². The molecule has 92 valence electrons. The molecule has 0 atom stereocenters. The number of rotatable bonds is 2. The van der Waals surface area contributed by atoms with Gasteiger partial charge in [0.05, 0.1) is 12.7 Å². The van der Waals surface area contributed by atoms with Crippen LogP contribution >= 0.6 is 0 Å². The first-order valence-electron chi connectivity index (χ1n) is 5.23. The molecular weight excluding hydrogens is 217 g/mol. The number of ether oxygens (including phenoxy) is 1. The first-order chi connectivity index (χ1) is 7.49. The highest BCUT2D eigenvalue weighted by Crippen LogP contribution is 2.36. The first-order valence-corrected chi connectivity index (χ1v) is 5.23. The molecular formula is C12H17F3O. The molecule has 0 aromatic heterocycles. The Balaban J connectivity index is 0.00000106. The molecule has 0 aliphatic carbocycles. The zero-order valence-corrected chi connectivity index (χ0v) is 9.98. The molecule has 0 amide bonds. The van der Waals surface area contributed by atoms with Gasteiger partial charge in [-0.2, -0.15) is 13.2 Å². The molecule has 1 nitrogen and oxygen atoms in total. The molecule has 0 N–H and O–H groups in total. The van der Waals surface area contributed by atoms with Crippen molar-refractivity contribution in [2.75, 3.05) is 7.11 Å². The zero-order chi connectivity index (χ0) is 12.8. The highest BCUT2D eigenvalue weighted by atomic mass is 19.4. The standard InChI is InChI=1S/C10H11F3O.C2H6/c1-3-7-4-5-8(10(11,12)13)9(6-7)14-2;1-2/h4-6H,3H2,1-2H3;1-2H3. The van der Waals surface area contributed by atoms with E-state index in [0.717, 1.165) is 11.6 Å². The van der Waals surface area contributed by atoms with Crippen molar-refractivity contribution in [3.05, 3.63) is 29.3 Å². The number of hydrogen-bond donors (Lipinski definition) is 0. The monoisotopic (exact) mass is 234 g/mol. The van der Waals surface area contributed by atoms with Crippen molar-refractivity contribution in [2.45, 2.75) is 33.4 Å². The summed E-state index contributed by atoms with van der Waals surface area (Å²) in [6, 6.07) is 3.94. The van der Waals surface area contributed by atoms with Gasteiger partial charge in [0.25, 0.3) is 0 Å². The minimum atomic E-state index is -4.35. The van der Waals surface area contributed by atoms with Crippen LogP contribution in [0.5, 0.6) is 5.75 Å². The van der Waals surface area contributed by atoms with Crippen LogP contribution in [-0.2, 0) is 12.6 Å². The first kappa shape index (κ1) is 14.8. The van der Waals surface area contributed by atoms with Crippen molar-refractivity contribution in [2.24, 2.45) is 0 Å². The minimum absolute atomic E-state index is 0.114. The summed E-state index contributed by atoms with van der Waals surface area (Å²) in [6.45, 7) is 5.88. The van der Waals surface area contributed by atoms with E-state index < -0.39 is 11.7 Å². The van der Waals surface area contributed by atoms with Gasteiger partial charge >= 0.3 is 6.18 Å². The van der Waals surface area contributed by atoms with E-state index in [0.29, 0.717) is 6.42 Å². The van der Waals surface area contributed by atoms with Crippen LogP contribution in [0, 0.1) is 0 Å². The van der Waals surface area contributed by atoms with Crippen LogP contribution in [0.2, 0.25) is 0 Å². The number of methoxy groups -OCH3 is 1. The fraction of sp³-hybridized carbons (Fsp3) is 0.500.